The minimum absolute atomic E-state index is 0.0514. The number of carbonyl (C=O) groups excluding carboxylic acids is 1. The molecule has 0 bridgehead atoms. The fourth-order valence-corrected chi connectivity index (χ4v) is 2.95. The second kappa shape index (κ2) is 5.91. The van der Waals surface area contributed by atoms with Gasteiger partial charge in [0.2, 0.25) is 5.22 Å². The van der Waals surface area contributed by atoms with Gasteiger partial charge in [-0.25, -0.2) is 0 Å². The Morgan fingerprint density at radius 3 is 3.19 bits per heavy atom. The number of aliphatic hydroxyl groups is 1. The van der Waals surface area contributed by atoms with E-state index in [4.69, 9.17) is 21.1 Å². The number of halogens is 1. The zero-order chi connectivity index (χ0) is 14.8. The van der Waals surface area contributed by atoms with E-state index in [0.29, 0.717) is 12.1 Å². The van der Waals surface area contributed by atoms with Crippen LogP contribution in [-0.2, 0) is 13.0 Å². The van der Waals surface area contributed by atoms with Crippen LogP contribution < -0.4 is 5.32 Å². The van der Waals surface area contributed by atoms with Crippen LogP contribution in [0.1, 0.15) is 40.5 Å². The van der Waals surface area contributed by atoms with Crippen molar-refractivity contribution in [1.29, 1.82) is 0 Å². The van der Waals surface area contributed by atoms with Crippen LogP contribution in [0.25, 0.3) is 0 Å². The van der Waals surface area contributed by atoms with E-state index in [-0.39, 0.29) is 23.8 Å². The van der Waals surface area contributed by atoms with Crippen molar-refractivity contribution in [2.24, 2.45) is 0 Å². The van der Waals surface area contributed by atoms with E-state index in [0.717, 1.165) is 30.5 Å². The molecule has 1 atom stereocenters. The molecule has 7 heteroatoms. The molecule has 21 heavy (non-hydrogen) atoms. The van der Waals surface area contributed by atoms with E-state index in [1.165, 1.54) is 6.26 Å². The summed E-state index contributed by atoms with van der Waals surface area (Å²) in [6.07, 6.45) is 5.90. The van der Waals surface area contributed by atoms with Crippen LogP contribution in [0.4, 0.5) is 0 Å². The van der Waals surface area contributed by atoms with E-state index >= 15 is 0 Å². The molecule has 1 aliphatic carbocycles. The Balaban J connectivity index is 1.79. The fraction of sp³-hybridized carbons (Fsp3) is 0.429. The third kappa shape index (κ3) is 2.69. The van der Waals surface area contributed by atoms with Gasteiger partial charge in [0.25, 0.3) is 5.91 Å². The van der Waals surface area contributed by atoms with Crippen LogP contribution in [0.15, 0.2) is 22.9 Å². The Labute approximate surface area is 126 Å². The minimum atomic E-state index is -0.249. The predicted octanol–water partition coefficient (Wildman–Crippen LogP) is 1.93. The average molecular weight is 310 g/mol. The Morgan fingerprint density at radius 2 is 2.48 bits per heavy atom. The standard InChI is InChI=1S/C14H16ClN3O3/c15-13-9(4-7-21-13)14(20)17-11-2-1-3-12-10(11)8-16-18(12)5-6-19/h4,7-8,11,19H,1-3,5-6H2,(H,17,20). The van der Waals surface area contributed by atoms with Crippen LogP contribution in [0.5, 0.6) is 0 Å². The molecule has 2 aromatic rings. The number of carbonyl (C=O) groups is 1. The number of rotatable bonds is 4. The highest BCUT2D eigenvalue weighted by molar-refractivity contribution is 6.32. The normalized spacial score (nSPS) is 17.5. The van der Waals surface area contributed by atoms with Crippen LogP contribution >= 0.6 is 11.6 Å². The van der Waals surface area contributed by atoms with Gasteiger partial charge in [-0.1, -0.05) is 0 Å². The Bertz CT molecular complexity index is 650. The lowest BCUT2D eigenvalue weighted by Crippen LogP contribution is -2.31. The first-order chi connectivity index (χ1) is 10.2. The number of furan rings is 1. The number of fused-ring (bicyclic) bond motifs is 1. The number of aliphatic hydroxyl groups excluding tert-OH is 1. The maximum Gasteiger partial charge on any atom is 0.256 e. The summed E-state index contributed by atoms with van der Waals surface area (Å²) in [5, 5.41) is 16.4. The number of hydrogen-bond donors (Lipinski definition) is 2. The lowest BCUT2D eigenvalue weighted by Gasteiger charge is -2.24. The summed E-state index contributed by atoms with van der Waals surface area (Å²) in [5.41, 5.74) is 2.44. The largest absolute Gasteiger partial charge is 0.452 e. The topological polar surface area (TPSA) is 80.3 Å². The SMILES string of the molecule is O=C(NC1CCCc2c1cnn2CCO)c1ccoc1Cl. The van der Waals surface area contributed by atoms with Gasteiger partial charge >= 0.3 is 0 Å². The fourth-order valence-electron chi connectivity index (χ4n) is 2.75. The molecule has 0 saturated heterocycles. The number of hydrogen-bond acceptors (Lipinski definition) is 4. The maximum absolute atomic E-state index is 12.2. The summed E-state index contributed by atoms with van der Waals surface area (Å²) < 4.78 is 6.74. The van der Waals surface area contributed by atoms with Gasteiger partial charge in [-0.05, 0) is 36.9 Å². The summed E-state index contributed by atoms with van der Waals surface area (Å²) in [6, 6.07) is 1.47. The Morgan fingerprint density at radius 1 is 1.62 bits per heavy atom. The third-order valence-electron chi connectivity index (χ3n) is 3.74. The Hall–Kier alpha value is -1.79. The van der Waals surface area contributed by atoms with Crippen molar-refractivity contribution in [2.45, 2.75) is 31.8 Å². The highest BCUT2D eigenvalue weighted by Gasteiger charge is 2.26. The molecule has 0 radical (unpaired) electrons. The maximum atomic E-state index is 12.2. The van der Waals surface area contributed by atoms with Crippen LogP contribution in [-0.4, -0.2) is 27.4 Å². The average Bonchev–Trinajstić information content (AvgIpc) is 3.07. The van der Waals surface area contributed by atoms with Crippen molar-refractivity contribution in [3.8, 4) is 0 Å². The first-order valence-electron chi connectivity index (χ1n) is 6.90. The molecular weight excluding hydrogens is 294 g/mol. The molecule has 2 aromatic heterocycles. The lowest BCUT2D eigenvalue weighted by atomic mass is 9.93. The van der Waals surface area contributed by atoms with Crippen molar-refractivity contribution in [3.05, 3.63) is 40.6 Å². The van der Waals surface area contributed by atoms with Crippen molar-refractivity contribution < 1.29 is 14.3 Å². The molecule has 0 spiro atoms. The zero-order valence-electron chi connectivity index (χ0n) is 11.4. The minimum Gasteiger partial charge on any atom is -0.452 e. The molecule has 1 unspecified atom stereocenters. The van der Waals surface area contributed by atoms with E-state index in [9.17, 15) is 4.79 Å². The van der Waals surface area contributed by atoms with Crippen molar-refractivity contribution in [3.63, 3.8) is 0 Å². The predicted molar refractivity (Wildman–Crippen MR) is 76.2 cm³/mol. The van der Waals surface area contributed by atoms with Crippen LogP contribution in [0.2, 0.25) is 5.22 Å². The summed E-state index contributed by atoms with van der Waals surface area (Å²) in [4.78, 5) is 12.2. The van der Waals surface area contributed by atoms with E-state index in [1.54, 1.807) is 16.9 Å². The van der Waals surface area contributed by atoms with E-state index in [1.807, 2.05) is 0 Å². The first kappa shape index (κ1) is 14.2. The summed E-state index contributed by atoms with van der Waals surface area (Å²) in [5.74, 6) is -0.249. The van der Waals surface area contributed by atoms with E-state index in [2.05, 4.69) is 10.4 Å². The zero-order valence-corrected chi connectivity index (χ0v) is 12.1. The highest BCUT2D eigenvalue weighted by atomic mass is 35.5. The van der Waals surface area contributed by atoms with Crippen molar-refractivity contribution in [2.75, 3.05) is 6.61 Å². The molecule has 112 valence electrons. The van der Waals surface area contributed by atoms with Crippen LogP contribution in [0, 0.1) is 0 Å². The van der Waals surface area contributed by atoms with Gasteiger partial charge in [0.05, 0.1) is 37.2 Å². The van der Waals surface area contributed by atoms with Crippen molar-refractivity contribution >= 4 is 17.5 Å². The van der Waals surface area contributed by atoms with Gasteiger partial charge in [0.1, 0.15) is 0 Å². The molecule has 0 fully saturated rings. The van der Waals surface area contributed by atoms with Gasteiger partial charge in [-0.3, -0.25) is 9.48 Å². The molecule has 1 amide bonds. The van der Waals surface area contributed by atoms with Gasteiger partial charge < -0.3 is 14.8 Å². The number of amides is 1. The van der Waals surface area contributed by atoms with Gasteiger partial charge in [0, 0.05) is 11.3 Å². The molecule has 2 heterocycles. The van der Waals surface area contributed by atoms with E-state index < -0.39 is 0 Å². The van der Waals surface area contributed by atoms with Gasteiger partial charge in [-0.15, -0.1) is 0 Å². The highest BCUT2D eigenvalue weighted by Crippen LogP contribution is 2.30. The third-order valence-corrected chi connectivity index (χ3v) is 4.04. The smallest absolute Gasteiger partial charge is 0.256 e. The second-order valence-electron chi connectivity index (χ2n) is 5.02. The quantitative estimate of drug-likeness (QED) is 0.904. The number of aromatic nitrogens is 2. The molecule has 0 aromatic carbocycles. The molecule has 1 aliphatic rings. The molecule has 6 nitrogen and oxygen atoms in total. The summed E-state index contributed by atoms with van der Waals surface area (Å²) in [6.45, 7) is 0.527. The molecule has 3 rings (SSSR count). The second-order valence-corrected chi connectivity index (χ2v) is 5.36. The molecule has 0 aliphatic heterocycles. The Kier molecular flexibility index (Phi) is 3.98. The molecular formula is C14H16ClN3O3. The van der Waals surface area contributed by atoms with Gasteiger partial charge in [-0.2, -0.15) is 5.10 Å². The number of nitrogens with zero attached hydrogens (tertiary/aromatic N) is 2. The number of nitrogens with one attached hydrogen (secondary N) is 1. The monoisotopic (exact) mass is 309 g/mol. The molecule has 2 N–H and O–H groups in total. The first-order valence-corrected chi connectivity index (χ1v) is 7.27. The van der Waals surface area contributed by atoms with Crippen LogP contribution in [0.3, 0.4) is 0 Å². The van der Waals surface area contributed by atoms with Gasteiger partial charge in [0.15, 0.2) is 0 Å². The lowest BCUT2D eigenvalue weighted by molar-refractivity contribution is 0.0932. The summed E-state index contributed by atoms with van der Waals surface area (Å²) in [7, 11) is 0. The van der Waals surface area contributed by atoms with Crippen molar-refractivity contribution in [1.82, 2.24) is 15.1 Å². The molecule has 0 saturated carbocycles. The summed E-state index contributed by atoms with van der Waals surface area (Å²) >= 11 is 5.83.